The van der Waals surface area contributed by atoms with E-state index in [1.54, 1.807) is 30.3 Å². The van der Waals surface area contributed by atoms with E-state index in [0.29, 0.717) is 24.1 Å². The van der Waals surface area contributed by atoms with Crippen molar-refractivity contribution >= 4 is 15.7 Å². The molecule has 0 radical (unpaired) electrons. The molecule has 8 heteroatoms. The topological polar surface area (TPSA) is 104 Å². The second-order valence-corrected chi connectivity index (χ2v) is 8.86. The van der Waals surface area contributed by atoms with Gasteiger partial charge >= 0.3 is 0 Å². The van der Waals surface area contributed by atoms with E-state index in [9.17, 15) is 23.8 Å². The lowest BCUT2D eigenvalue weighted by Crippen LogP contribution is -2.36. The van der Waals surface area contributed by atoms with Gasteiger partial charge in [-0.05, 0) is 47.4 Å². The molecule has 150 valence electrons. The summed E-state index contributed by atoms with van der Waals surface area (Å²) in [5.74, 6) is 0. The van der Waals surface area contributed by atoms with Crippen LogP contribution in [0.1, 0.15) is 16.7 Å². The standard InChI is InChI=1S/C22H17N3O4S/c23-14-18-5-1-4-8-22(18)30(28,29)24-12-11-16-9-10-17(13-19(16)15-24)20-6-2-3-7-21(20)25(26)27/h1-10,13H,11-12,15H2. The van der Waals surface area contributed by atoms with Crippen molar-refractivity contribution in [2.24, 2.45) is 0 Å². The van der Waals surface area contributed by atoms with E-state index in [2.05, 4.69) is 0 Å². The van der Waals surface area contributed by atoms with Crippen LogP contribution in [0, 0.1) is 21.4 Å². The van der Waals surface area contributed by atoms with Crippen molar-refractivity contribution in [3.8, 4) is 17.2 Å². The van der Waals surface area contributed by atoms with Crippen LogP contribution in [-0.2, 0) is 23.0 Å². The molecule has 0 fully saturated rings. The number of nitro benzene ring substituents is 1. The van der Waals surface area contributed by atoms with E-state index < -0.39 is 14.9 Å². The fourth-order valence-electron chi connectivity index (χ4n) is 3.70. The fourth-order valence-corrected chi connectivity index (χ4v) is 5.26. The summed E-state index contributed by atoms with van der Waals surface area (Å²) in [5, 5.41) is 20.7. The maximum atomic E-state index is 13.2. The van der Waals surface area contributed by atoms with Crippen molar-refractivity contribution in [3.05, 3.63) is 93.5 Å². The summed E-state index contributed by atoms with van der Waals surface area (Å²) in [7, 11) is -3.84. The molecular formula is C22H17N3O4S. The smallest absolute Gasteiger partial charge is 0.258 e. The summed E-state index contributed by atoms with van der Waals surface area (Å²) in [6.07, 6.45) is 0.528. The Bertz CT molecular complexity index is 1300. The molecule has 0 unspecified atom stereocenters. The van der Waals surface area contributed by atoms with Crippen molar-refractivity contribution in [1.82, 2.24) is 4.31 Å². The zero-order chi connectivity index (χ0) is 21.3. The van der Waals surface area contributed by atoms with E-state index in [1.165, 1.54) is 22.5 Å². The minimum absolute atomic E-state index is 0.000634. The van der Waals surface area contributed by atoms with Gasteiger partial charge in [0.1, 0.15) is 6.07 Å². The van der Waals surface area contributed by atoms with Crippen LogP contribution in [0.2, 0.25) is 0 Å². The number of benzene rings is 3. The molecule has 0 saturated heterocycles. The molecule has 1 heterocycles. The normalized spacial score (nSPS) is 14.0. The highest BCUT2D eigenvalue weighted by atomic mass is 32.2. The van der Waals surface area contributed by atoms with Crippen molar-refractivity contribution < 1.29 is 13.3 Å². The van der Waals surface area contributed by atoms with Gasteiger partial charge in [0, 0.05) is 19.2 Å². The first-order valence-electron chi connectivity index (χ1n) is 9.26. The molecule has 3 aromatic carbocycles. The Morgan fingerprint density at radius 2 is 1.73 bits per heavy atom. The molecule has 30 heavy (non-hydrogen) atoms. The summed E-state index contributed by atoms with van der Waals surface area (Å²) in [6, 6.07) is 20.1. The van der Waals surface area contributed by atoms with Crippen LogP contribution in [0.15, 0.2) is 71.6 Å². The van der Waals surface area contributed by atoms with Gasteiger partial charge in [-0.15, -0.1) is 0 Å². The van der Waals surface area contributed by atoms with Crippen molar-refractivity contribution in [3.63, 3.8) is 0 Å². The van der Waals surface area contributed by atoms with Crippen molar-refractivity contribution in [2.75, 3.05) is 6.54 Å². The van der Waals surface area contributed by atoms with Crippen LogP contribution in [0.5, 0.6) is 0 Å². The highest BCUT2D eigenvalue weighted by molar-refractivity contribution is 7.89. The Morgan fingerprint density at radius 3 is 2.50 bits per heavy atom. The van der Waals surface area contributed by atoms with Gasteiger partial charge in [-0.3, -0.25) is 10.1 Å². The van der Waals surface area contributed by atoms with Gasteiger partial charge in [0.2, 0.25) is 10.0 Å². The number of nitro groups is 1. The highest BCUT2D eigenvalue weighted by Gasteiger charge is 2.30. The van der Waals surface area contributed by atoms with Crippen LogP contribution in [0.3, 0.4) is 0 Å². The Hall–Kier alpha value is -3.54. The molecule has 1 aliphatic heterocycles. The first-order valence-corrected chi connectivity index (χ1v) is 10.7. The van der Waals surface area contributed by atoms with Crippen LogP contribution in [-0.4, -0.2) is 24.2 Å². The lowest BCUT2D eigenvalue weighted by atomic mass is 9.95. The van der Waals surface area contributed by atoms with E-state index in [-0.39, 0.29) is 22.7 Å². The van der Waals surface area contributed by atoms with Gasteiger partial charge < -0.3 is 0 Å². The van der Waals surface area contributed by atoms with E-state index in [1.807, 2.05) is 24.3 Å². The molecule has 4 rings (SSSR count). The number of fused-ring (bicyclic) bond motifs is 1. The first-order chi connectivity index (χ1) is 14.4. The first kappa shape index (κ1) is 19.8. The number of hydrogen-bond acceptors (Lipinski definition) is 5. The molecule has 1 aliphatic rings. The van der Waals surface area contributed by atoms with Crippen LogP contribution < -0.4 is 0 Å². The molecule has 0 bridgehead atoms. The number of sulfonamides is 1. The summed E-state index contributed by atoms with van der Waals surface area (Å²) >= 11 is 0. The highest BCUT2D eigenvalue weighted by Crippen LogP contribution is 2.33. The minimum Gasteiger partial charge on any atom is -0.258 e. The summed E-state index contributed by atoms with van der Waals surface area (Å²) < 4.78 is 27.7. The van der Waals surface area contributed by atoms with Gasteiger partial charge in [0.15, 0.2) is 0 Å². The second-order valence-electron chi connectivity index (χ2n) is 6.95. The Kier molecular flexibility index (Phi) is 5.08. The molecular weight excluding hydrogens is 402 g/mol. The van der Waals surface area contributed by atoms with Gasteiger partial charge in [-0.25, -0.2) is 8.42 Å². The number of nitriles is 1. The van der Waals surface area contributed by atoms with E-state index >= 15 is 0 Å². The third-order valence-corrected chi connectivity index (χ3v) is 7.12. The Labute approximate surface area is 174 Å². The van der Waals surface area contributed by atoms with Gasteiger partial charge in [0.25, 0.3) is 5.69 Å². The number of nitrogens with zero attached hydrogens (tertiary/aromatic N) is 3. The average molecular weight is 419 g/mol. The molecule has 0 atom stereocenters. The fraction of sp³-hybridized carbons (Fsp3) is 0.136. The zero-order valence-corrected chi connectivity index (χ0v) is 16.7. The maximum Gasteiger partial charge on any atom is 0.277 e. The zero-order valence-electron chi connectivity index (χ0n) is 15.9. The summed E-state index contributed by atoms with van der Waals surface area (Å²) in [5.41, 5.74) is 3.07. The monoisotopic (exact) mass is 419 g/mol. The van der Waals surface area contributed by atoms with Crippen LogP contribution >= 0.6 is 0 Å². The van der Waals surface area contributed by atoms with Crippen LogP contribution in [0.25, 0.3) is 11.1 Å². The molecule has 0 amide bonds. The summed E-state index contributed by atoms with van der Waals surface area (Å²) in [4.78, 5) is 10.9. The van der Waals surface area contributed by atoms with Crippen molar-refractivity contribution in [1.29, 1.82) is 5.26 Å². The lowest BCUT2D eigenvalue weighted by molar-refractivity contribution is -0.384. The average Bonchev–Trinajstić information content (AvgIpc) is 2.78. The molecule has 0 aromatic heterocycles. The minimum atomic E-state index is -3.84. The molecule has 7 nitrogen and oxygen atoms in total. The SMILES string of the molecule is N#Cc1ccccc1S(=O)(=O)N1CCc2ccc(-c3ccccc3[N+](=O)[O-])cc2C1. The van der Waals surface area contributed by atoms with E-state index in [4.69, 9.17) is 0 Å². The Morgan fingerprint density at radius 1 is 1.00 bits per heavy atom. The summed E-state index contributed by atoms with van der Waals surface area (Å²) in [6.45, 7) is 0.450. The predicted molar refractivity (Wildman–Crippen MR) is 111 cm³/mol. The maximum absolute atomic E-state index is 13.2. The van der Waals surface area contributed by atoms with Gasteiger partial charge in [-0.1, -0.05) is 36.4 Å². The third-order valence-electron chi connectivity index (χ3n) is 5.22. The third kappa shape index (κ3) is 3.45. The lowest BCUT2D eigenvalue weighted by Gasteiger charge is -2.28. The molecule has 0 saturated carbocycles. The number of para-hydroxylation sites is 1. The Balaban J connectivity index is 1.72. The predicted octanol–water partition coefficient (Wildman–Crippen LogP) is 3.88. The molecule has 0 spiro atoms. The van der Waals surface area contributed by atoms with Gasteiger partial charge in [-0.2, -0.15) is 9.57 Å². The van der Waals surface area contributed by atoms with Gasteiger partial charge in [0.05, 0.1) is 20.9 Å². The largest absolute Gasteiger partial charge is 0.277 e. The quantitative estimate of drug-likeness (QED) is 0.471. The van der Waals surface area contributed by atoms with E-state index in [0.717, 1.165) is 11.1 Å². The number of hydrogen-bond donors (Lipinski definition) is 0. The van der Waals surface area contributed by atoms with Crippen molar-refractivity contribution in [2.45, 2.75) is 17.9 Å². The molecule has 0 N–H and O–H groups in total. The molecule has 0 aliphatic carbocycles. The molecule has 3 aromatic rings. The second kappa shape index (κ2) is 7.71. The number of rotatable bonds is 4. The van der Waals surface area contributed by atoms with Crippen LogP contribution in [0.4, 0.5) is 5.69 Å².